The Balaban J connectivity index is -0.000000238. The molecule has 0 atom stereocenters. The maximum Gasteiger partial charge on any atom is 0.298 e. The summed E-state index contributed by atoms with van der Waals surface area (Å²) in [5, 5.41) is 2.93. The average Bonchev–Trinajstić information content (AvgIpc) is 2.98. The lowest BCUT2D eigenvalue weighted by molar-refractivity contribution is -0.124. The highest BCUT2D eigenvalue weighted by molar-refractivity contribution is 5.93. The number of carbonyl (C=O) groups is 1. The summed E-state index contributed by atoms with van der Waals surface area (Å²) in [7, 11) is 1.93. The summed E-state index contributed by atoms with van der Waals surface area (Å²) in [5.74, 6) is 5.11. The summed E-state index contributed by atoms with van der Waals surface area (Å²) in [5.41, 5.74) is 0. The number of rotatable bonds is 1. The van der Waals surface area contributed by atoms with Crippen LogP contribution in [-0.2, 0) is 4.79 Å². The van der Waals surface area contributed by atoms with Crippen molar-refractivity contribution in [2.75, 3.05) is 26.7 Å². The minimum atomic E-state index is -0.0139. The zero-order valence-corrected chi connectivity index (χ0v) is 13.4. The number of likely N-dealkylation sites (tertiary alicyclic amines) is 1. The molecule has 1 aliphatic heterocycles. The normalized spacial score (nSPS) is 11.4. The molecule has 18 heavy (non-hydrogen) atoms. The second kappa shape index (κ2) is 21.3. The van der Waals surface area contributed by atoms with E-state index in [-0.39, 0.29) is 5.91 Å². The standard InChI is InChI=1S/C8H11NO.C3H9N.2C2H6/c1-2-5-8(10)9-6-3-4-7-9;1-3-4-2;2*1-2/h3-4,6-7H2,1H3;4H,3H2,1-2H3;2*1-2H3. The minimum Gasteiger partial charge on any atom is -0.332 e. The molecule has 0 aromatic rings. The lowest BCUT2D eigenvalue weighted by Gasteiger charge is -2.09. The molecule has 0 aromatic carbocycles. The molecule has 3 nitrogen and oxygen atoms in total. The Morgan fingerprint density at radius 1 is 1.17 bits per heavy atom. The van der Waals surface area contributed by atoms with Crippen LogP contribution in [0.3, 0.4) is 0 Å². The van der Waals surface area contributed by atoms with E-state index in [0.29, 0.717) is 0 Å². The van der Waals surface area contributed by atoms with Crippen LogP contribution in [0.15, 0.2) is 0 Å². The van der Waals surface area contributed by atoms with Gasteiger partial charge in [0.1, 0.15) is 0 Å². The predicted octanol–water partition coefficient (Wildman–Crippen LogP) is 2.91. The van der Waals surface area contributed by atoms with Gasteiger partial charge in [0.15, 0.2) is 0 Å². The molecule has 3 heteroatoms. The van der Waals surface area contributed by atoms with E-state index in [9.17, 15) is 4.79 Å². The first kappa shape index (κ1) is 22.2. The zero-order chi connectivity index (χ0) is 14.8. The van der Waals surface area contributed by atoms with Crippen molar-refractivity contribution in [1.82, 2.24) is 10.2 Å². The van der Waals surface area contributed by atoms with E-state index in [2.05, 4.69) is 24.1 Å². The molecule has 0 radical (unpaired) electrons. The van der Waals surface area contributed by atoms with Gasteiger partial charge in [-0.3, -0.25) is 4.79 Å². The largest absolute Gasteiger partial charge is 0.332 e. The van der Waals surface area contributed by atoms with Crippen molar-refractivity contribution in [3.8, 4) is 11.8 Å². The summed E-state index contributed by atoms with van der Waals surface area (Å²) in [4.78, 5) is 12.8. The van der Waals surface area contributed by atoms with Gasteiger partial charge in [-0.05, 0) is 39.3 Å². The van der Waals surface area contributed by atoms with E-state index in [4.69, 9.17) is 0 Å². The van der Waals surface area contributed by atoms with Crippen LogP contribution < -0.4 is 5.32 Å². The summed E-state index contributed by atoms with van der Waals surface area (Å²) < 4.78 is 0. The molecule has 1 rings (SSSR count). The Labute approximate surface area is 114 Å². The Kier molecular flexibility index (Phi) is 26.3. The topological polar surface area (TPSA) is 32.3 Å². The number of carbonyl (C=O) groups excluding carboxylic acids is 1. The molecule has 1 saturated heterocycles. The maximum absolute atomic E-state index is 11.0. The molecule has 0 bridgehead atoms. The van der Waals surface area contributed by atoms with Crippen LogP contribution in [0.25, 0.3) is 0 Å². The summed E-state index contributed by atoms with van der Waals surface area (Å²) >= 11 is 0. The van der Waals surface area contributed by atoms with Crippen LogP contribution in [0, 0.1) is 11.8 Å². The number of nitrogens with one attached hydrogen (secondary N) is 1. The number of nitrogens with zero attached hydrogens (tertiary/aromatic N) is 1. The molecule has 0 aromatic heterocycles. The third kappa shape index (κ3) is 15.0. The van der Waals surface area contributed by atoms with Gasteiger partial charge in [-0.1, -0.05) is 40.5 Å². The van der Waals surface area contributed by atoms with Crippen LogP contribution in [0.1, 0.15) is 54.4 Å². The van der Waals surface area contributed by atoms with E-state index in [1.165, 1.54) is 0 Å². The van der Waals surface area contributed by atoms with Crippen LogP contribution in [-0.4, -0.2) is 37.5 Å². The van der Waals surface area contributed by atoms with Crippen LogP contribution in [0.4, 0.5) is 0 Å². The fraction of sp³-hybridized carbons (Fsp3) is 0.800. The summed E-state index contributed by atoms with van der Waals surface area (Å²) in [6, 6.07) is 0. The number of amides is 1. The molecule has 1 aliphatic rings. The van der Waals surface area contributed by atoms with Crippen molar-refractivity contribution in [3.63, 3.8) is 0 Å². The van der Waals surface area contributed by atoms with Crippen LogP contribution in [0.2, 0.25) is 0 Å². The smallest absolute Gasteiger partial charge is 0.298 e. The van der Waals surface area contributed by atoms with E-state index in [0.717, 1.165) is 32.5 Å². The highest BCUT2D eigenvalue weighted by atomic mass is 16.2. The molecular weight excluding hydrogens is 224 g/mol. The molecule has 1 heterocycles. The van der Waals surface area contributed by atoms with Gasteiger partial charge >= 0.3 is 0 Å². The minimum absolute atomic E-state index is 0.0139. The molecule has 1 N–H and O–H groups in total. The van der Waals surface area contributed by atoms with Gasteiger partial charge in [0.2, 0.25) is 0 Å². The highest BCUT2D eigenvalue weighted by Crippen LogP contribution is 2.06. The van der Waals surface area contributed by atoms with E-state index < -0.39 is 0 Å². The van der Waals surface area contributed by atoms with Crippen molar-refractivity contribution < 1.29 is 4.79 Å². The van der Waals surface area contributed by atoms with Crippen LogP contribution >= 0.6 is 0 Å². The van der Waals surface area contributed by atoms with Crippen molar-refractivity contribution in [3.05, 3.63) is 0 Å². The fourth-order valence-corrected chi connectivity index (χ4v) is 1.11. The monoisotopic (exact) mass is 256 g/mol. The number of hydrogen-bond acceptors (Lipinski definition) is 2. The lowest BCUT2D eigenvalue weighted by Crippen LogP contribution is -2.25. The molecule has 0 spiro atoms. The first-order valence-corrected chi connectivity index (χ1v) is 7.12. The van der Waals surface area contributed by atoms with Crippen molar-refractivity contribution >= 4 is 5.91 Å². The van der Waals surface area contributed by atoms with Crippen molar-refractivity contribution in [2.45, 2.75) is 54.4 Å². The Bertz CT molecular complexity index is 208. The maximum atomic E-state index is 11.0. The highest BCUT2D eigenvalue weighted by Gasteiger charge is 2.14. The van der Waals surface area contributed by atoms with Gasteiger partial charge in [0, 0.05) is 13.1 Å². The van der Waals surface area contributed by atoms with Gasteiger partial charge < -0.3 is 10.2 Å². The lowest BCUT2D eigenvalue weighted by atomic mass is 10.4. The van der Waals surface area contributed by atoms with Crippen molar-refractivity contribution in [2.24, 2.45) is 0 Å². The molecule has 108 valence electrons. The van der Waals surface area contributed by atoms with Crippen molar-refractivity contribution in [1.29, 1.82) is 0 Å². The summed E-state index contributed by atoms with van der Waals surface area (Å²) in [6.07, 6.45) is 2.27. The Morgan fingerprint density at radius 3 is 1.83 bits per heavy atom. The first-order chi connectivity index (χ1) is 8.76. The second-order valence-corrected chi connectivity index (χ2v) is 3.08. The third-order valence-corrected chi connectivity index (χ3v) is 1.98. The number of hydrogen-bond donors (Lipinski definition) is 1. The molecular formula is C15H32N2O. The Morgan fingerprint density at radius 2 is 1.56 bits per heavy atom. The Hall–Kier alpha value is -1.01. The zero-order valence-electron chi connectivity index (χ0n) is 13.4. The SMILES string of the molecule is CC.CC.CC#CC(=O)N1CCCC1.CCNC. The molecule has 1 fully saturated rings. The average molecular weight is 256 g/mol. The summed E-state index contributed by atoms with van der Waals surface area (Å²) in [6.45, 7) is 14.6. The second-order valence-electron chi connectivity index (χ2n) is 3.08. The van der Waals surface area contributed by atoms with Crippen LogP contribution in [0.5, 0.6) is 0 Å². The van der Waals surface area contributed by atoms with E-state index in [1.54, 1.807) is 11.8 Å². The van der Waals surface area contributed by atoms with Gasteiger partial charge in [-0.2, -0.15) is 0 Å². The van der Waals surface area contributed by atoms with E-state index >= 15 is 0 Å². The molecule has 0 saturated carbocycles. The van der Waals surface area contributed by atoms with Gasteiger partial charge in [-0.15, -0.1) is 0 Å². The fourth-order valence-electron chi connectivity index (χ4n) is 1.11. The van der Waals surface area contributed by atoms with Gasteiger partial charge in [0.05, 0.1) is 0 Å². The quantitative estimate of drug-likeness (QED) is 0.732. The molecule has 0 unspecified atom stereocenters. The molecule has 1 amide bonds. The third-order valence-electron chi connectivity index (χ3n) is 1.98. The van der Waals surface area contributed by atoms with Gasteiger partial charge in [0.25, 0.3) is 5.91 Å². The molecule has 0 aliphatic carbocycles. The van der Waals surface area contributed by atoms with E-state index in [1.807, 2.05) is 34.7 Å². The van der Waals surface area contributed by atoms with Gasteiger partial charge in [-0.25, -0.2) is 0 Å². The first-order valence-electron chi connectivity index (χ1n) is 7.12. The predicted molar refractivity (Wildman–Crippen MR) is 81.6 cm³/mol.